The van der Waals surface area contributed by atoms with Crippen LogP contribution in [0, 0.1) is 0 Å². The molecule has 0 aliphatic heterocycles. The predicted molar refractivity (Wildman–Crippen MR) is 77.9 cm³/mol. The van der Waals surface area contributed by atoms with Gasteiger partial charge >= 0.3 is 6.18 Å². The molecule has 2 aromatic heterocycles. The van der Waals surface area contributed by atoms with Crippen molar-refractivity contribution >= 4 is 0 Å². The van der Waals surface area contributed by atoms with Crippen LogP contribution in [0.1, 0.15) is 5.56 Å². The van der Waals surface area contributed by atoms with E-state index in [4.69, 9.17) is 0 Å². The number of halogens is 3. The molecule has 0 saturated heterocycles. The summed E-state index contributed by atoms with van der Waals surface area (Å²) >= 11 is 0. The third-order valence-corrected chi connectivity index (χ3v) is 3.29. The lowest BCUT2D eigenvalue weighted by Crippen LogP contribution is -2.05. The average molecular weight is 300 g/mol. The van der Waals surface area contributed by atoms with Gasteiger partial charge in [0.25, 0.3) is 0 Å². The molecule has 0 aliphatic rings. The van der Waals surface area contributed by atoms with Gasteiger partial charge in [0.2, 0.25) is 0 Å². The van der Waals surface area contributed by atoms with Gasteiger partial charge in [0.05, 0.1) is 5.56 Å². The standard InChI is InChI=1S/C17H11F3N2/c18-17(19,20)14-5-6-15(12-3-1-7-21-10-12)16(9-14)13-4-2-8-22-11-13/h1-11H. The van der Waals surface area contributed by atoms with Gasteiger partial charge in [-0.3, -0.25) is 9.97 Å². The molecule has 2 nitrogen and oxygen atoms in total. The fraction of sp³-hybridized carbons (Fsp3) is 0.0588. The van der Waals surface area contributed by atoms with Crippen LogP contribution in [0.5, 0.6) is 0 Å². The van der Waals surface area contributed by atoms with Gasteiger partial charge < -0.3 is 0 Å². The summed E-state index contributed by atoms with van der Waals surface area (Å²) in [5.74, 6) is 0. The van der Waals surface area contributed by atoms with Crippen LogP contribution >= 0.6 is 0 Å². The van der Waals surface area contributed by atoms with E-state index < -0.39 is 11.7 Å². The number of benzene rings is 1. The largest absolute Gasteiger partial charge is 0.416 e. The minimum Gasteiger partial charge on any atom is -0.264 e. The lowest BCUT2D eigenvalue weighted by atomic mass is 9.94. The summed E-state index contributed by atoms with van der Waals surface area (Å²) in [5, 5.41) is 0. The first-order valence-electron chi connectivity index (χ1n) is 6.58. The van der Waals surface area contributed by atoms with E-state index in [1.807, 2.05) is 6.07 Å². The summed E-state index contributed by atoms with van der Waals surface area (Å²) in [5.41, 5.74) is 1.88. The summed E-state index contributed by atoms with van der Waals surface area (Å²) in [6.07, 6.45) is 2.00. The predicted octanol–water partition coefficient (Wildman–Crippen LogP) is 4.83. The Hall–Kier alpha value is -2.69. The maximum absolute atomic E-state index is 13.0. The van der Waals surface area contributed by atoms with Crippen LogP contribution in [0.3, 0.4) is 0 Å². The first-order valence-corrected chi connectivity index (χ1v) is 6.58. The SMILES string of the molecule is FC(F)(F)c1ccc(-c2cccnc2)c(-c2cccnc2)c1. The summed E-state index contributed by atoms with van der Waals surface area (Å²) in [6.45, 7) is 0. The first-order chi connectivity index (χ1) is 10.6. The molecular formula is C17H11F3N2. The fourth-order valence-electron chi connectivity index (χ4n) is 2.26. The Labute approximate surface area is 125 Å². The van der Waals surface area contributed by atoms with E-state index in [9.17, 15) is 13.2 Å². The summed E-state index contributed by atoms with van der Waals surface area (Å²) in [4.78, 5) is 8.02. The number of rotatable bonds is 2. The van der Waals surface area contributed by atoms with E-state index in [1.165, 1.54) is 6.07 Å². The van der Waals surface area contributed by atoms with E-state index >= 15 is 0 Å². The van der Waals surface area contributed by atoms with E-state index in [1.54, 1.807) is 43.0 Å². The molecule has 0 unspecified atom stereocenters. The summed E-state index contributed by atoms with van der Waals surface area (Å²) in [7, 11) is 0. The van der Waals surface area contributed by atoms with Gasteiger partial charge in [0.1, 0.15) is 0 Å². The van der Waals surface area contributed by atoms with E-state index in [0.717, 1.165) is 17.7 Å². The number of pyridine rings is 2. The molecule has 0 saturated carbocycles. The normalized spacial score (nSPS) is 11.4. The Balaban J connectivity index is 2.23. The number of alkyl halides is 3. The molecule has 0 aliphatic carbocycles. The zero-order valence-corrected chi connectivity index (χ0v) is 11.4. The van der Waals surface area contributed by atoms with Gasteiger partial charge in [-0.05, 0) is 35.4 Å². The third-order valence-electron chi connectivity index (χ3n) is 3.29. The fourth-order valence-corrected chi connectivity index (χ4v) is 2.26. The van der Waals surface area contributed by atoms with Crippen molar-refractivity contribution in [3.8, 4) is 22.3 Å². The molecule has 5 heteroatoms. The van der Waals surface area contributed by atoms with Crippen LogP contribution in [-0.2, 0) is 6.18 Å². The van der Waals surface area contributed by atoms with E-state index in [2.05, 4.69) is 9.97 Å². The van der Waals surface area contributed by atoms with E-state index in [-0.39, 0.29) is 0 Å². The van der Waals surface area contributed by atoms with Crippen LogP contribution < -0.4 is 0 Å². The highest BCUT2D eigenvalue weighted by molar-refractivity contribution is 5.83. The lowest BCUT2D eigenvalue weighted by molar-refractivity contribution is -0.137. The number of nitrogens with zero attached hydrogens (tertiary/aromatic N) is 2. The highest BCUT2D eigenvalue weighted by Crippen LogP contribution is 2.37. The van der Waals surface area contributed by atoms with Crippen molar-refractivity contribution in [2.75, 3.05) is 0 Å². The maximum Gasteiger partial charge on any atom is 0.416 e. The first kappa shape index (κ1) is 14.3. The topological polar surface area (TPSA) is 25.8 Å². The molecule has 0 spiro atoms. The minimum absolute atomic E-state index is 0.482. The van der Waals surface area contributed by atoms with Crippen LogP contribution in [0.2, 0.25) is 0 Å². The molecule has 22 heavy (non-hydrogen) atoms. The van der Waals surface area contributed by atoms with Crippen LogP contribution in [0.25, 0.3) is 22.3 Å². The van der Waals surface area contributed by atoms with Crippen molar-refractivity contribution in [1.29, 1.82) is 0 Å². The quantitative estimate of drug-likeness (QED) is 0.677. The van der Waals surface area contributed by atoms with Gasteiger partial charge in [-0.2, -0.15) is 13.2 Å². The van der Waals surface area contributed by atoms with Crippen LogP contribution in [0.4, 0.5) is 13.2 Å². The molecule has 3 rings (SSSR count). The Bertz CT molecular complexity index is 769. The van der Waals surface area contributed by atoms with Crippen molar-refractivity contribution in [2.45, 2.75) is 6.18 Å². The average Bonchev–Trinajstić information content (AvgIpc) is 2.55. The van der Waals surface area contributed by atoms with Crippen molar-refractivity contribution in [3.63, 3.8) is 0 Å². The Morgan fingerprint density at radius 2 is 1.32 bits per heavy atom. The number of hydrogen-bond acceptors (Lipinski definition) is 2. The Kier molecular flexibility index (Phi) is 3.63. The smallest absolute Gasteiger partial charge is 0.264 e. The second-order valence-electron chi connectivity index (χ2n) is 4.74. The monoisotopic (exact) mass is 300 g/mol. The van der Waals surface area contributed by atoms with Crippen LogP contribution in [0.15, 0.2) is 67.3 Å². The summed E-state index contributed by atoms with van der Waals surface area (Å²) < 4.78 is 39.0. The third kappa shape index (κ3) is 2.83. The molecule has 3 aromatic rings. The van der Waals surface area contributed by atoms with Gasteiger partial charge in [0.15, 0.2) is 0 Å². The maximum atomic E-state index is 13.0. The van der Waals surface area contributed by atoms with Crippen molar-refractivity contribution in [2.24, 2.45) is 0 Å². The second-order valence-corrected chi connectivity index (χ2v) is 4.74. The van der Waals surface area contributed by atoms with Crippen molar-refractivity contribution in [3.05, 3.63) is 72.8 Å². The molecule has 0 radical (unpaired) electrons. The molecule has 110 valence electrons. The van der Waals surface area contributed by atoms with Gasteiger partial charge in [-0.25, -0.2) is 0 Å². The van der Waals surface area contributed by atoms with Crippen molar-refractivity contribution < 1.29 is 13.2 Å². The summed E-state index contributed by atoms with van der Waals surface area (Å²) in [6, 6.07) is 10.7. The number of hydrogen-bond donors (Lipinski definition) is 0. The molecule has 0 atom stereocenters. The molecule has 0 amide bonds. The highest BCUT2D eigenvalue weighted by atomic mass is 19.4. The Morgan fingerprint density at radius 1 is 0.727 bits per heavy atom. The second kappa shape index (κ2) is 5.60. The van der Waals surface area contributed by atoms with Crippen LogP contribution in [-0.4, -0.2) is 9.97 Å². The van der Waals surface area contributed by atoms with Gasteiger partial charge in [0, 0.05) is 35.9 Å². The van der Waals surface area contributed by atoms with Crippen molar-refractivity contribution in [1.82, 2.24) is 9.97 Å². The molecule has 0 N–H and O–H groups in total. The molecule has 1 aromatic carbocycles. The van der Waals surface area contributed by atoms with Gasteiger partial charge in [-0.1, -0.05) is 18.2 Å². The molecule has 0 bridgehead atoms. The van der Waals surface area contributed by atoms with E-state index in [0.29, 0.717) is 16.7 Å². The van der Waals surface area contributed by atoms with Gasteiger partial charge in [-0.15, -0.1) is 0 Å². The zero-order valence-electron chi connectivity index (χ0n) is 11.4. The minimum atomic E-state index is -4.38. The number of aromatic nitrogens is 2. The zero-order chi connectivity index (χ0) is 15.6. The highest BCUT2D eigenvalue weighted by Gasteiger charge is 2.31. The molecule has 0 fully saturated rings. The molecular weight excluding hydrogens is 289 g/mol. The Morgan fingerprint density at radius 3 is 1.82 bits per heavy atom. The molecule has 2 heterocycles. The lowest BCUT2D eigenvalue weighted by Gasteiger charge is -2.14.